The number of sulfonamides is 1. The van der Waals surface area contributed by atoms with E-state index in [0.717, 1.165) is 12.8 Å². The Kier molecular flexibility index (Phi) is 3.63. The molecule has 19 heavy (non-hydrogen) atoms. The molecule has 1 aromatic rings. The number of nitrogens with two attached hydrogens (primary N) is 1. The van der Waals surface area contributed by atoms with Gasteiger partial charge in [-0.2, -0.15) is 5.26 Å². The fourth-order valence-electron chi connectivity index (χ4n) is 2.09. The Balaban J connectivity index is 2.24. The zero-order valence-corrected chi connectivity index (χ0v) is 11.6. The molecule has 2 rings (SSSR count). The lowest BCUT2D eigenvalue weighted by atomic mass is 9.98. The number of nitriles is 1. The molecular weight excluding hydrogens is 262 g/mol. The van der Waals surface area contributed by atoms with Crippen molar-refractivity contribution < 1.29 is 8.42 Å². The van der Waals surface area contributed by atoms with Crippen molar-refractivity contribution in [2.75, 3.05) is 6.54 Å². The Bertz CT molecular complexity index is 600. The summed E-state index contributed by atoms with van der Waals surface area (Å²) in [6.07, 6.45) is 2.01. The molecular formula is C13H17N3O2S. The van der Waals surface area contributed by atoms with Gasteiger partial charge in [0.1, 0.15) is 0 Å². The molecule has 0 aliphatic heterocycles. The molecule has 3 N–H and O–H groups in total. The van der Waals surface area contributed by atoms with Crippen LogP contribution in [0, 0.1) is 17.2 Å². The minimum absolute atomic E-state index is 0.159. The maximum absolute atomic E-state index is 12.3. The highest BCUT2D eigenvalue weighted by molar-refractivity contribution is 7.89. The molecule has 0 aromatic heterocycles. The first kappa shape index (κ1) is 14.0. The van der Waals surface area contributed by atoms with Crippen LogP contribution < -0.4 is 10.5 Å². The molecule has 0 bridgehead atoms. The van der Waals surface area contributed by atoms with E-state index in [2.05, 4.69) is 4.72 Å². The second-order valence-electron chi connectivity index (χ2n) is 5.14. The molecule has 6 heteroatoms. The van der Waals surface area contributed by atoms with Crippen LogP contribution in [0.25, 0.3) is 0 Å². The van der Waals surface area contributed by atoms with E-state index in [4.69, 9.17) is 11.0 Å². The Hall–Kier alpha value is -1.42. The topological polar surface area (TPSA) is 96.0 Å². The average Bonchev–Trinajstić information content (AvgIpc) is 3.23. The fraction of sp³-hybridized carbons (Fsp3) is 0.462. The normalized spacial score (nSPS) is 18.6. The molecule has 1 saturated carbocycles. The number of nitrogens with zero attached hydrogens (tertiary/aromatic N) is 1. The van der Waals surface area contributed by atoms with Crippen molar-refractivity contribution in [1.82, 2.24) is 4.72 Å². The summed E-state index contributed by atoms with van der Waals surface area (Å²) in [5, 5.41) is 8.71. The summed E-state index contributed by atoms with van der Waals surface area (Å²) in [4.78, 5) is 0.159. The van der Waals surface area contributed by atoms with Gasteiger partial charge in [-0.05, 0) is 49.9 Å². The second kappa shape index (κ2) is 4.93. The van der Waals surface area contributed by atoms with E-state index in [9.17, 15) is 8.42 Å². The predicted octanol–water partition coefficient (Wildman–Crippen LogP) is 0.964. The Morgan fingerprint density at radius 1 is 1.42 bits per heavy atom. The smallest absolute Gasteiger partial charge is 0.241 e. The van der Waals surface area contributed by atoms with Gasteiger partial charge in [0, 0.05) is 12.1 Å². The van der Waals surface area contributed by atoms with Gasteiger partial charge < -0.3 is 5.73 Å². The summed E-state index contributed by atoms with van der Waals surface area (Å²) in [7, 11) is -3.60. The van der Waals surface area contributed by atoms with Crippen molar-refractivity contribution in [3.05, 3.63) is 29.8 Å². The first-order valence-electron chi connectivity index (χ1n) is 6.15. The van der Waals surface area contributed by atoms with Gasteiger partial charge >= 0.3 is 0 Å². The van der Waals surface area contributed by atoms with Gasteiger partial charge in [-0.25, -0.2) is 13.1 Å². The van der Waals surface area contributed by atoms with Crippen LogP contribution in [0.3, 0.4) is 0 Å². The first-order chi connectivity index (χ1) is 8.91. The predicted molar refractivity (Wildman–Crippen MR) is 71.7 cm³/mol. The van der Waals surface area contributed by atoms with Gasteiger partial charge in [0.15, 0.2) is 0 Å². The molecule has 1 fully saturated rings. The molecule has 5 nitrogen and oxygen atoms in total. The van der Waals surface area contributed by atoms with Crippen molar-refractivity contribution >= 4 is 10.0 Å². The first-order valence-corrected chi connectivity index (χ1v) is 7.64. The summed E-state index contributed by atoms with van der Waals surface area (Å²) < 4.78 is 27.3. The van der Waals surface area contributed by atoms with Crippen molar-refractivity contribution in [3.63, 3.8) is 0 Å². The van der Waals surface area contributed by atoms with Crippen LogP contribution in [0.2, 0.25) is 0 Å². The summed E-state index contributed by atoms with van der Waals surface area (Å²) in [5.41, 5.74) is 5.55. The van der Waals surface area contributed by atoms with E-state index >= 15 is 0 Å². The quantitative estimate of drug-likeness (QED) is 0.839. The summed E-state index contributed by atoms with van der Waals surface area (Å²) in [6, 6.07) is 7.81. The fourth-order valence-corrected chi connectivity index (χ4v) is 3.56. The molecule has 1 aromatic carbocycles. The van der Waals surface area contributed by atoms with E-state index < -0.39 is 15.6 Å². The highest BCUT2D eigenvalue weighted by Gasteiger charge is 2.43. The summed E-state index contributed by atoms with van der Waals surface area (Å²) >= 11 is 0. The monoisotopic (exact) mass is 279 g/mol. The average molecular weight is 279 g/mol. The minimum atomic E-state index is -3.60. The zero-order chi connectivity index (χ0) is 14.1. The van der Waals surface area contributed by atoms with Gasteiger partial charge in [0.2, 0.25) is 10.0 Å². The third kappa shape index (κ3) is 2.95. The van der Waals surface area contributed by atoms with Crippen LogP contribution >= 0.6 is 0 Å². The lowest BCUT2D eigenvalue weighted by molar-refractivity contribution is 0.374. The third-order valence-corrected chi connectivity index (χ3v) is 5.19. The van der Waals surface area contributed by atoms with E-state index in [0.29, 0.717) is 11.5 Å². The lowest BCUT2D eigenvalue weighted by Crippen LogP contribution is -2.52. The second-order valence-corrected chi connectivity index (χ2v) is 6.82. The van der Waals surface area contributed by atoms with Gasteiger partial charge in [0.05, 0.1) is 16.5 Å². The van der Waals surface area contributed by atoms with Crippen molar-refractivity contribution in [2.24, 2.45) is 11.7 Å². The third-order valence-electron chi connectivity index (χ3n) is 3.56. The molecule has 0 spiro atoms. The maximum Gasteiger partial charge on any atom is 0.241 e. The highest BCUT2D eigenvalue weighted by Crippen LogP contribution is 2.39. The Morgan fingerprint density at radius 3 is 2.42 bits per heavy atom. The van der Waals surface area contributed by atoms with E-state index in [1.165, 1.54) is 24.3 Å². The summed E-state index contributed by atoms with van der Waals surface area (Å²) in [5.74, 6) is 0.311. The van der Waals surface area contributed by atoms with Crippen LogP contribution in [-0.2, 0) is 10.0 Å². The van der Waals surface area contributed by atoms with E-state index in [-0.39, 0.29) is 11.4 Å². The Labute approximate surface area is 113 Å². The lowest BCUT2D eigenvalue weighted by Gasteiger charge is -2.29. The molecule has 0 saturated heterocycles. The van der Waals surface area contributed by atoms with Crippen molar-refractivity contribution in [3.8, 4) is 6.07 Å². The molecule has 0 radical (unpaired) electrons. The van der Waals surface area contributed by atoms with Gasteiger partial charge in [-0.1, -0.05) is 0 Å². The number of hydrogen-bond donors (Lipinski definition) is 2. The largest absolute Gasteiger partial charge is 0.329 e. The number of benzene rings is 1. The minimum Gasteiger partial charge on any atom is -0.329 e. The molecule has 1 unspecified atom stereocenters. The molecule has 0 heterocycles. The van der Waals surface area contributed by atoms with Gasteiger partial charge in [0.25, 0.3) is 0 Å². The number of nitrogens with one attached hydrogen (secondary N) is 1. The Morgan fingerprint density at radius 2 is 2.00 bits per heavy atom. The molecule has 102 valence electrons. The van der Waals surface area contributed by atoms with Crippen LogP contribution in [0.5, 0.6) is 0 Å². The van der Waals surface area contributed by atoms with Crippen LogP contribution in [0.1, 0.15) is 25.3 Å². The van der Waals surface area contributed by atoms with Crippen molar-refractivity contribution in [1.29, 1.82) is 5.26 Å². The van der Waals surface area contributed by atoms with E-state index in [1.807, 2.05) is 13.0 Å². The van der Waals surface area contributed by atoms with Gasteiger partial charge in [-0.15, -0.1) is 0 Å². The standard InChI is InChI=1S/C13H17N3O2S/c1-13(9-15,11-4-5-11)16-19(17,18)12-6-2-10(8-14)3-7-12/h2-3,6-7,11,16H,4-5,9,15H2,1H3. The highest BCUT2D eigenvalue weighted by atomic mass is 32.2. The SMILES string of the molecule is CC(CN)(NS(=O)(=O)c1ccc(C#N)cc1)C1CC1. The molecule has 0 amide bonds. The number of rotatable bonds is 5. The number of hydrogen-bond acceptors (Lipinski definition) is 4. The van der Waals surface area contributed by atoms with Crippen molar-refractivity contribution in [2.45, 2.75) is 30.2 Å². The zero-order valence-electron chi connectivity index (χ0n) is 10.8. The molecule has 1 aliphatic carbocycles. The molecule has 1 aliphatic rings. The van der Waals surface area contributed by atoms with Crippen LogP contribution in [0.15, 0.2) is 29.2 Å². The van der Waals surface area contributed by atoms with Crippen LogP contribution in [0.4, 0.5) is 0 Å². The van der Waals surface area contributed by atoms with Crippen LogP contribution in [-0.4, -0.2) is 20.5 Å². The summed E-state index contributed by atoms with van der Waals surface area (Å²) in [6.45, 7) is 2.11. The van der Waals surface area contributed by atoms with Gasteiger partial charge in [-0.3, -0.25) is 0 Å². The molecule has 1 atom stereocenters. The van der Waals surface area contributed by atoms with E-state index in [1.54, 1.807) is 0 Å². The maximum atomic E-state index is 12.3.